The van der Waals surface area contributed by atoms with Gasteiger partial charge in [0.2, 0.25) is 0 Å². The molecule has 0 spiro atoms. The van der Waals surface area contributed by atoms with Crippen molar-refractivity contribution in [2.24, 2.45) is 0 Å². The van der Waals surface area contributed by atoms with Gasteiger partial charge in [-0.15, -0.1) is 10.2 Å². The molecule has 1 aliphatic rings. The summed E-state index contributed by atoms with van der Waals surface area (Å²) in [6.07, 6.45) is 7.09. The predicted molar refractivity (Wildman–Crippen MR) is 34.0 cm³/mol. The Kier molecular flexibility index (Phi) is 1.38. The Morgan fingerprint density at radius 2 is 2.50 bits per heavy atom. The molecule has 1 saturated carbocycles. The van der Waals surface area contributed by atoms with Gasteiger partial charge in [0.05, 0.1) is 5.92 Å². The summed E-state index contributed by atoms with van der Waals surface area (Å²) in [5, 5.41) is 13.5. The van der Waals surface area contributed by atoms with Gasteiger partial charge in [0, 0.05) is 0 Å². The molecular formula is C6H6N4. The van der Waals surface area contributed by atoms with Gasteiger partial charge in [-0.1, -0.05) is 5.21 Å². The molecule has 0 aromatic carbocycles. The number of hydrogen-bond acceptors (Lipinski definition) is 3. The van der Waals surface area contributed by atoms with Crippen molar-refractivity contribution in [1.29, 1.82) is 0 Å². The Bertz CT molecular complexity index is 188. The third-order valence-corrected chi connectivity index (χ3v) is 1.37. The summed E-state index contributed by atoms with van der Waals surface area (Å²) in [7, 11) is 0. The molecule has 1 aromatic heterocycles. The van der Waals surface area contributed by atoms with Gasteiger partial charge in [-0.3, -0.25) is 0 Å². The SMILES string of the molecule is [CH]1[CH][C](c2nn[nH]n2)[CH]C1. The standard InChI is InChI=1S/C6H6N4/c1-2-4-5(3-1)6-7-9-10-8-6/h1,3-4H,2H2,(H,7,8,9,10). The van der Waals surface area contributed by atoms with Crippen LogP contribution < -0.4 is 0 Å². The van der Waals surface area contributed by atoms with Crippen LogP contribution in [0.2, 0.25) is 0 Å². The number of nitrogens with zero attached hydrogens (tertiary/aromatic N) is 3. The normalized spacial score (nSPS) is 20.0. The van der Waals surface area contributed by atoms with E-state index in [0.717, 1.165) is 12.3 Å². The molecule has 0 amide bonds. The molecule has 0 aliphatic heterocycles. The second kappa shape index (κ2) is 2.36. The lowest BCUT2D eigenvalue weighted by molar-refractivity contribution is 0.881. The monoisotopic (exact) mass is 134 g/mol. The van der Waals surface area contributed by atoms with E-state index >= 15 is 0 Å². The van der Waals surface area contributed by atoms with E-state index in [-0.39, 0.29) is 0 Å². The van der Waals surface area contributed by atoms with Crippen LogP contribution in [0.5, 0.6) is 0 Å². The highest BCUT2D eigenvalue weighted by Crippen LogP contribution is 2.27. The maximum absolute atomic E-state index is 3.83. The van der Waals surface area contributed by atoms with E-state index in [0.29, 0.717) is 5.82 Å². The highest BCUT2D eigenvalue weighted by molar-refractivity contribution is 5.37. The molecule has 4 heteroatoms. The van der Waals surface area contributed by atoms with Crippen molar-refractivity contribution >= 4 is 0 Å². The summed E-state index contributed by atoms with van der Waals surface area (Å²) in [5.41, 5.74) is 0. The van der Waals surface area contributed by atoms with Crippen LogP contribution in [0.15, 0.2) is 0 Å². The number of tetrazole rings is 1. The van der Waals surface area contributed by atoms with Crippen LogP contribution in [0.4, 0.5) is 0 Å². The number of aromatic amines is 1. The first-order chi connectivity index (χ1) is 4.97. The Morgan fingerprint density at radius 1 is 1.50 bits per heavy atom. The minimum absolute atomic E-state index is 0.675. The Labute approximate surface area is 59.0 Å². The van der Waals surface area contributed by atoms with Crippen molar-refractivity contribution in [3.8, 4) is 0 Å². The molecular weight excluding hydrogens is 128 g/mol. The van der Waals surface area contributed by atoms with Crippen LogP contribution in [-0.4, -0.2) is 20.6 Å². The maximum atomic E-state index is 3.83. The molecule has 4 radical (unpaired) electrons. The second-order valence-corrected chi connectivity index (χ2v) is 2.03. The largest absolute Gasteiger partial charge is 0.182 e. The highest BCUT2D eigenvalue weighted by atomic mass is 15.5. The molecule has 4 nitrogen and oxygen atoms in total. The van der Waals surface area contributed by atoms with Gasteiger partial charge in [-0.25, -0.2) is 0 Å². The van der Waals surface area contributed by atoms with E-state index < -0.39 is 0 Å². The molecule has 0 unspecified atom stereocenters. The third kappa shape index (κ3) is 0.894. The van der Waals surface area contributed by atoms with Crippen LogP contribution in [0, 0.1) is 25.2 Å². The number of aromatic nitrogens is 4. The lowest BCUT2D eigenvalue weighted by atomic mass is 10.1. The topological polar surface area (TPSA) is 54.5 Å². The van der Waals surface area contributed by atoms with Crippen molar-refractivity contribution in [3.63, 3.8) is 0 Å². The lowest BCUT2D eigenvalue weighted by Crippen LogP contribution is -1.96. The molecule has 2 rings (SSSR count). The van der Waals surface area contributed by atoms with Crippen molar-refractivity contribution in [3.05, 3.63) is 31.0 Å². The van der Waals surface area contributed by atoms with Crippen LogP contribution in [0.1, 0.15) is 12.2 Å². The van der Waals surface area contributed by atoms with E-state index in [2.05, 4.69) is 33.5 Å². The van der Waals surface area contributed by atoms with E-state index in [4.69, 9.17) is 0 Å². The molecule has 1 fully saturated rings. The summed E-state index contributed by atoms with van der Waals surface area (Å²) in [5.74, 6) is 1.72. The first-order valence-corrected chi connectivity index (χ1v) is 3.07. The molecule has 0 bridgehead atoms. The fourth-order valence-electron chi connectivity index (χ4n) is 0.908. The summed E-state index contributed by atoms with van der Waals surface area (Å²) in [4.78, 5) is 0. The van der Waals surface area contributed by atoms with Gasteiger partial charge in [0.25, 0.3) is 0 Å². The quantitative estimate of drug-likeness (QED) is 0.594. The summed E-state index contributed by atoms with van der Waals surface area (Å²) < 4.78 is 0. The van der Waals surface area contributed by atoms with E-state index in [9.17, 15) is 0 Å². The summed E-state index contributed by atoms with van der Waals surface area (Å²) >= 11 is 0. The molecule has 0 atom stereocenters. The van der Waals surface area contributed by atoms with Crippen molar-refractivity contribution < 1.29 is 0 Å². The Balaban J connectivity index is 2.12. The number of H-pyrrole nitrogens is 1. The molecule has 50 valence electrons. The third-order valence-electron chi connectivity index (χ3n) is 1.37. The highest BCUT2D eigenvalue weighted by Gasteiger charge is 2.21. The number of rotatable bonds is 1. The van der Waals surface area contributed by atoms with Gasteiger partial charge in [-0.05, 0) is 25.7 Å². The molecule has 1 aromatic rings. The average molecular weight is 134 g/mol. The molecule has 1 N–H and O–H groups in total. The molecule has 1 heterocycles. The van der Waals surface area contributed by atoms with E-state index in [1.54, 1.807) is 0 Å². The average Bonchev–Trinajstić information content (AvgIpc) is 2.59. The first kappa shape index (κ1) is 5.82. The van der Waals surface area contributed by atoms with Gasteiger partial charge in [0.15, 0.2) is 5.82 Å². The fraction of sp³-hybridized carbons (Fsp3) is 0.167. The maximum Gasteiger partial charge on any atom is 0.182 e. The van der Waals surface area contributed by atoms with Crippen LogP contribution >= 0.6 is 0 Å². The van der Waals surface area contributed by atoms with Crippen molar-refractivity contribution in [2.75, 3.05) is 0 Å². The first-order valence-electron chi connectivity index (χ1n) is 3.07. The van der Waals surface area contributed by atoms with Gasteiger partial charge >= 0.3 is 0 Å². The minimum atomic E-state index is 0.675. The Morgan fingerprint density at radius 3 is 3.10 bits per heavy atom. The predicted octanol–water partition coefficient (Wildman–Crippen LogP) is 0.139. The lowest BCUT2D eigenvalue weighted by Gasteiger charge is -1.96. The zero-order chi connectivity index (χ0) is 6.81. The second-order valence-electron chi connectivity index (χ2n) is 2.03. The van der Waals surface area contributed by atoms with Gasteiger partial charge in [-0.2, -0.15) is 5.21 Å². The van der Waals surface area contributed by atoms with Crippen LogP contribution in [-0.2, 0) is 0 Å². The summed E-state index contributed by atoms with van der Waals surface area (Å²) in [6, 6.07) is 0. The zero-order valence-corrected chi connectivity index (χ0v) is 5.28. The Hall–Kier alpha value is -0.930. The minimum Gasteiger partial charge on any atom is -0.177 e. The van der Waals surface area contributed by atoms with E-state index in [1.807, 2.05) is 6.42 Å². The van der Waals surface area contributed by atoms with E-state index in [1.165, 1.54) is 0 Å². The van der Waals surface area contributed by atoms with Crippen LogP contribution in [0.25, 0.3) is 0 Å². The fourth-order valence-corrected chi connectivity index (χ4v) is 0.908. The molecule has 10 heavy (non-hydrogen) atoms. The van der Waals surface area contributed by atoms with Gasteiger partial charge < -0.3 is 0 Å². The smallest absolute Gasteiger partial charge is 0.177 e. The zero-order valence-electron chi connectivity index (χ0n) is 5.28. The number of nitrogens with one attached hydrogen (secondary N) is 1. The molecule has 0 saturated heterocycles. The van der Waals surface area contributed by atoms with Gasteiger partial charge in [0.1, 0.15) is 0 Å². The van der Waals surface area contributed by atoms with Crippen molar-refractivity contribution in [1.82, 2.24) is 20.6 Å². The summed E-state index contributed by atoms with van der Waals surface area (Å²) in [6.45, 7) is 0. The number of hydrogen-bond donors (Lipinski definition) is 1. The molecule has 1 aliphatic carbocycles. The van der Waals surface area contributed by atoms with Crippen molar-refractivity contribution in [2.45, 2.75) is 6.42 Å². The van der Waals surface area contributed by atoms with Crippen LogP contribution in [0.3, 0.4) is 0 Å².